The summed E-state index contributed by atoms with van der Waals surface area (Å²) >= 11 is 5.93. The molecule has 0 atom stereocenters. The molecule has 0 saturated heterocycles. The Morgan fingerprint density at radius 1 is 1.32 bits per heavy atom. The van der Waals surface area contributed by atoms with Crippen LogP contribution in [0.5, 0.6) is 5.75 Å². The second-order valence-corrected chi connectivity index (χ2v) is 4.25. The average Bonchev–Trinajstić information content (AvgIpc) is 2.39. The number of rotatable bonds is 4. The van der Waals surface area contributed by atoms with Crippen LogP contribution >= 0.6 is 11.6 Å². The number of halogens is 1. The number of nitrogens with zero attached hydrogens (tertiary/aromatic N) is 1. The summed E-state index contributed by atoms with van der Waals surface area (Å²) in [6, 6.07) is 5.26. The zero-order chi connectivity index (χ0) is 13.8. The van der Waals surface area contributed by atoms with Crippen LogP contribution in [0, 0.1) is 0 Å². The molecule has 0 fully saturated rings. The molecule has 2 rings (SSSR count). The van der Waals surface area contributed by atoms with E-state index in [-0.39, 0.29) is 0 Å². The lowest BCUT2D eigenvalue weighted by atomic mass is 10.1. The van der Waals surface area contributed by atoms with Crippen LogP contribution < -0.4 is 4.74 Å². The van der Waals surface area contributed by atoms with Crippen LogP contribution in [0.4, 0.5) is 0 Å². The Balaban J connectivity index is 2.61. The van der Waals surface area contributed by atoms with E-state index in [0.29, 0.717) is 35.1 Å². The third-order valence-electron chi connectivity index (χ3n) is 2.57. The molecule has 0 spiro atoms. The smallest absolute Gasteiger partial charge is 0.343 e. The van der Waals surface area contributed by atoms with Gasteiger partial charge in [-0.2, -0.15) is 0 Å². The van der Waals surface area contributed by atoms with Crippen molar-refractivity contribution in [3.05, 3.63) is 35.0 Å². The molecule has 0 amide bonds. The Hall–Kier alpha value is -1.81. The molecular formula is C14H14ClNO3. The quantitative estimate of drug-likeness (QED) is 0.804. The Morgan fingerprint density at radius 3 is 2.79 bits per heavy atom. The van der Waals surface area contributed by atoms with E-state index in [9.17, 15) is 4.79 Å². The van der Waals surface area contributed by atoms with E-state index < -0.39 is 5.97 Å². The summed E-state index contributed by atoms with van der Waals surface area (Å²) in [6.45, 7) is 4.38. The van der Waals surface area contributed by atoms with Crippen molar-refractivity contribution in [2.45, 2.75) is 13.8 Å². The second-order valence-electron chi connectivity index (χ2n) is 3.82. The van der Waals surface area contributed by atoms with Crippen molar-refractivity contribution < 1.29 is 14.3 Å². The fraction of sp³-hybridized carbons (Fsp3) is 0.286. The van der Waals surface area contributed by atoms with Crippen molar-refractivity contribution in [3.8, 4) is 5.75 Å². The predicted octanol–water partition coefficient (Wildman–Crippen LogP) is 3.46. The number of esters is 1. The van der Waals surface area contributed by atoms with Gasteiger partial charge in [-0.05, 0) is 32.0 Å². The normalized spacial score (nSPS) is 10.5. The highest BCUT2D eigenvalue weighted by Gasteiger charge is 2.17. The summed E-state index contributed by atoms with van der Waals surface area (Å²) in [5, 5.41) is 1.34. The van der Waals surface area contributed by atoms with Gasteiger partial charge in [0.15, 0.2) is 0 Å². The molecule has 0 saturated carbocycles. The number of aromatic nitrogens is 1. The van der Waals surface area contributed by atoms with Crippen molar-refractivity contribution in [3.63, 3.8) is 0 Å². The van der Waals surface area contributed by atoms with Gasteiger partial charge in [-0.15, -0.1) is 0 Å². The average molecular weight is 280 g/mol. The number of pyridine rings is 1. The van der Waals surface area contributed by atoms with Crippen LogP contribution in [0.25, 0.3) is 10.9 Å². The first-order valence-corrected chi connectivity index (χ1v) is 6.43. The van der Waals surface area contributed by atoms with Crippen LogP contribution in [0.15, 0.2) is 24.4 Å². The summed E-state index contributed by atoms with van der Waals surface area (Å²) in [7, 11) is 0. The topological polar surface area (TPSA) is 48.4 Å². The maximum absolute atomic E-state index is 11.9. The van der Waals surface area contributed by atoms with E-state index in [2.05, 4.69) is 4.98 Å². The van der Waals surface area contributed by atoms with E-state index in [1.165, 1.54) is 6.20 Å². The standard InChI is InChI=1S/C14H14ClNO3/c1-3-18-13-10-6-5-9(15)7-12(10)16-8-11(13)14(17)19-4-2/h5-8H,3-4H2,1-2H3. The minimum Gasteiger partial charge on any atom is -0.492 e. The van der Waals surface area contributed by atoms with Gasteiger partial charge in [0.1, 0.15) is 11.3 Å². The molecule has 0 aliphatic heterocycles. The van der Waals surface area contributed by atoms with Gasteiger partial charge in [0.2, 0.25) is 0 Å². The van der Waals surface area contributed by atoms with Gasteiger partial charge >= 0.3 is 5.97 Å². The number of carbonyl (C=O) groups excluding carboxylic acids is 1. The van der Waals surface area contributed by atoms with Gasteiger partial charge in [0.25, 0.3) is 0 Å². The van der Waals surface area contributed by atoms with Crippen molar-refractivity contribution >= 4 is 28.5 Å². The largest absolute Gasteiger partial charge is 0.492 e. The lowest BCUT2D eigenvalue weighted by molar-refractivity contribution is 0.0522. The maximum atomic E-state index is 11.9. The summed E-state index contributed by atoms with van der Waals surface area (Å²) in [6.07, 6.45) is 1.46. The minimum absolute atomic E-state index is 0.309. The zero-order valence-electron chi connectivity index (χ0n) is 10.8. The van der Waals surface area contributed by atoms with Crippen LogP contribution in [0.3, 0.4) is 0 Å². The first-order chi connectivity index (χ1) is 9.17. The molecule has 0 N–H and O–H groups in total. The zero-order valence-corrected chi connectivity index (χ0v) is 11.5. The molecule has 0 unspecified atom stereocenters. The van der Waals surface area contributed by atoms with Crippen LogP contribution in [0.2, 0.25) is 5.02 Å². The minimum atomic E-state index is -0.435. The Morgan fingerprint density at radius 2 is 2.11 bits per heavy atom. The molecule has 19 heavy (non-hydrogen) atoms. The molecule has 1 aromatic carbocycles. The summed E-state index contributed by atoms with van der Waals surface area (Å²) in [4.78, 5) is 16.1. The van der Waals surface area contributed by atoms with E-state index in [0.717, 1.165) is 5.39 Å². The molecule has 0 bridgehead atoms. The highest BCUT2D eigenvalue weighted by molar-refractivity contribution is 6.31. The first kappa shape index (κ1) is 13.6. The lowest BCUT2D eigenvalue weighted by Crippen LogP contribution is -2.09. The van der Waals surface area contributed by atoms with Gasteiger partial charge in [-0.25, -0.2) is 4.79 Å². The van der Waals surface area contributed by atoms with Crippen LogP contribution in [0.1, 0.15) is 24.2 Å². The Labute approximate surface area is 116 Å². The van der Waals surface area contributed by atoms with Crippen LogP contribution in [-0.4, -0.2) is 24.2 Å². The number of fused-ring (bicyclic) bond motifs is 1. The molecule has 0 radical (unpaired) electrons. The van der Waals surface area contributed by atoms with Crippen molar-refractivity contribution in [1.29, 1.82) is 0 Å². The van der Waals surface area contributed by atoms with E-state index in [4.69, 9.17) is 21.1 Å². The Bertz CT molecular complexity index is 613. The fourth-order valence-corrected chi connectivity index (χ4v) is 1.96. The molecule has 5 heteroatoms. The number of benzene rings is 1. The highest BCUT2D eigenvalue weighted by atomic mass is 35.5. The number of ether oxygens (including phenoxy) is 2. The van der Waals surface area contributed by atoms with Gasteiger partial charge in [0.05, 0.1) is 18.7 Å². The molecular weight excluding hydrogens is 266 g/mol. The van der Waals surface area contributed by atoms with Gasteiger partial charge < -0.3 is 9.47 Å². The fourth-order valence-electron chi connectivity index (χ4n) is 1.80. The highest BCUT2D eigenvalue weighted by Crippen LogP contribution is 2.30. The summed E-state index contributed by atoms with van der Waals surface area (Å²) in [5.41, 5.74) is 1.02. The van der Waals surface area contributed by atoms with Crippen molar-refractivity contribution in [2.75, 3.05) is 13.2 Å². The molecule has 100 valence electrons. The number of carbonyl (C=O) groups is 1. The van der Waals surface area contributed by atoms with E-state index in [1.54, 1.807) is 25.1 Å². The Kier molecular flexibility index (Phi) is 4.22. The van der Waals surface area contributed by atoms with Crippen molar-refractivity contribution in [1.82, 2.24) is 4.98 Å². The van der Waals surface area contributed by atoms with E-state index >= 15 is 0 Å². The molecule has 1 heterocycles. The molecule has 0 aliphatic carbocycles. The molecule has 0 aliphatic rings. The SMILES string of the molecule is CCOC(=O)c1cnc2cc(Cl)ccc2c1OCC. The summed E-state index contributed by atoms with van der Waals surface area (Å²) < 4.78 is 10.6. The first-order valence-electron chi connectivity index (χ1n) is 6.05. The second kappa shape index (κ2) is 5.89. The van der Waals surface area contributed by atoms with Gasteiger partial charge in [-0.1, -0.05) is 11.6 Å². The van der Waals surface area contributed by atoms with E-state index in [1.807, 2.05) is 6.92 Å². The van der Waals surface area contributed by atoms with Crippen LogP contribution in [-0.2, 0) is 4.74 Å². The summed E-state index contributed by atoms with van der Waals surface area (Å²) in [5.74, 6) is 0.0536. The molecule has 2 aromatic rings. The third-order valence-corrected chi connectivity index (χ3v) is 2.80. The third kappa shape index (κ3) is 2.79. The maximum Gasteiger partial charge on any atom is 0.343 e. The van der Waals surface area contributed by atoms with Gasteiger partial charge in [0, 0.05) is 16.6 Å². The predicted molar refractivity (Wildman–Crippen MR) is 73.9 cm³/mol. The monoisotopic (exact) mass is 279 g/mol. The molecule has 1 aromatic heterocycles. The molecule has 4 nitrogen and oxygen atoms in total. The lowest BCUT2D eigenvalue weighted by Gasteiger charge is -2.12. The van der Waals surface area contributed by atoms with Crippen molar-refractivity contribution in [2.24, 2.45) is 0 Å². The van der Waals surface area contributed by atoms with Gasteiger partial charge in [-0.3, -0.25) is 4.98 Å². The number of hydrogen-bond donors (Lipinski definition) is 0. The number of hydrogen-bond acceptors (Lipinski definition) is 4.